The van der Waals surface area contributed by atoms with Crippen LogP contribution in [-0.4, -0.2) is 19.3 Å². The van der Waals surface area contributed by atoms with Crippen molar-refractivity contribution in [3.05, 3.63) is 35.1 Å². The summed E-state index contributed by atoms with van der Waals surface area (Å²) in [4.78, 5) is 0. The van der Waals surface area contributed by atoms with Crippen LogP contribution in [0.4, 0.5) is 17.6 Å². The van der Waals surface area contributed by atoms with Crippen molar-refractivity contribution < 1.29 is 22.3 Å². The van der Waals surface area contributed by atoms with Crippen LogP contribution in [-0.2, 0) is 17.5 Å². The average molecular weight is 307 g/mol. The maximum absolute atomic E-state index is 12.9. The molecule has 0 aliphatic heterocycles. The minimum Gasteiger partial charge on any atom is -0.379 e. The second-order valence-corrected chi connectivity index (χ2v) is 5.10. The molecular formula is C15H21F4NO. The molecular weight excluding hydrogens is 286 g/mol. The zero-order chi connectivity index (χ0) is 15.9. The molecule has 0 amide bonds. The predicted octanol–water partition coefficient (Wildman–Crippen LogP) is 4.14. The second-order valence-electron chi connectivity index (χ2n) is 5.10. The molecule has 0 saturated carbocycles. The van der Waals surface area contributed by atoms with E-state index >= 15 is 0 Å². The number of alkyl halides is 3. The van der Waals surface area contributed by atoms with E-state index in [4.69, 9.17) is 4.74 Å². The van der Waals surface area contributed by atoms with Crippen LogP contribution in [0.5, 0.6) is 0 Å². The van der Waals surface area contributed by atoms with Crippen molar-refractivity contribution in [1.82, 2.24) is 5.32 Å². The van der Waals surface area contributed by atoms with Crippen LogP contribution in [0.15, 0.2) is 18.2 Å². The molecule has 0 heterocycles. The Hall–Kier alpha value is -1.14. The lowest BCUT2D eigenvalue weighted by atomic mass is 10.1. The van der Waals surface area contributed by atoms with Gasteiger partial charge in [-0.1, -0.05) is 6.07 Å². The van der Waals surface area contributed by atoms with E-state index in [0.29, 0.717) is 19.2 Å². The van der Waals surface area contributed by atoms with E-state index in [1.807, 2.05) is 13.8 Å². The number of nitrogens with one attached hydrogen (secondary N) is 1. The standard InChI is InChI=1S/C15H21F4NO/c1-11(2)21-8-4-3-7-20-10-12-5-6-13(16)9-14(12)15(17,18)19/h5-6,9,11,20H,3-4,7-8,10H2,1-2H3. The molecule has 0 fully saturated rings. The van der Waals surface area contributed by atoms with Crippen molar-refractivity contribution in [1.29, 1.82) is 0 Å². The molecule has 0 aromatic heterocycles. The molecule has 0 radical (unpaired) electrons. The van der Waals surface area contributed by atoms with Crippen LogP contribution < -0.4 is 5.32 Å². The van der Waals surface area contributed by atoms with Gasteiger partial charge in [0.25, 0.3) is 0 Å². The molecule has 1 aromatic carbocycles. The van der Waals surface area contributed by atoms with E-state index < -0.39 is 17.6 Å². The molecule has 0 bridgehead atoms. The quantitative estimate of drug-likeness (QED) is 0.576. The number of hydrogen-bond acceptors (Lipinski definition) is 2. The lowest BCUT2D eigenvalue weighted by molar-refractivity contribution is -0.138. The van der Waals surface area contributed by atoms with Gasteiger partial charge in [-0.3, -0.25) is 0 Å². The summed E-state index contributed by atoms with van der Waals surface area (Å²) in [5.41, 5.74) is -0.861. The summed E-state index contributed by atoms with van der Waals surface area (Å²) >= 11 is 0. The fraction of sp³-hybridized carbons (Fsp3) is 0.600. The zero-order valence-corrected chi connectivity index (χ0v) is 12.3. The van der Waals surface area contributed by atoms with E-state index in [1.54, 1.807) is 0 Å². The Labute approximate surface area is 122 Å². The number of ether oxygens (including phenoxy) is 1. The molecule has 0 spiro atoms. The van der Waals surface area contributed by atoms with Gasteiger partial charge in [0.2, 0.25) is 0 Å². The molecule has 2 nitrogen and oxygen atoms in total. The molecule has 6 heteroatoms. The van der Waals surface area contributed by atoms with Crippen LogP contribution in [0.2, 0.25) is 0 Å². The normalized spacial score (nSPS) is 12.1. The minimum atomic E-state index is -4.54. The SMILES string of the molecule is CC(C)OCCCCNCc1ccc(F)cc1C(F)(F)F. The van der Waals surface area contributed by atoms with Crippen LogP contribution in [0.1, 0.15) is 37.8 Å². The van der Waals surface area contributed by atoms with Gasteiger partial charge < -0.3 is 10.1 Å². The van der Waals surface area contributed by atoms with Crippen molar-refractivity contribution in [2.75, 3.05) is 13.2 Å². The Morgan fingerprint density at radius 3 is 2.52 bits per heavy atom. The predicted molar refractivity (Wildman–Crippen MR) is 73.4 cm³/mol. The molecule has 0 aliphatic carbocycles. The summed E-state index contributed by atoms with van der Waals surface area (Å²) in [7, 11) is 0. The summed E-state index contributed by atoms with van der Waals surface area (Å²) in [6, 6.07) is 2.75. The number of halogens is 4. The Kier molecular flexibility index (Phi) is 7.11. The molecule has 1 N–H and O–H groups in total. The van der Waals surface area contributed by atoms with Gasteiger partial charge in [0, 0.05) is 13.2 Å². The first-order chi connectivity index (χ1) is 9.80. The van der Waals surface area contributed by atoms with Crippen LogP contribution in [0.3, 0.4) is 0 Å². The van der Waals surface area contributed by atoms with Gasteiger partial charge >= 0.3 is 6.18 Å². The maximum Gasteiger partial charge on any atom is 0.416 e. The molecule has 1 aromatic rings. The smallest absolute Gasteiger partial charge is 0.379 e. The van der Waals surface area contributed by atoms with Gasteiger partial charge in [0.1, 0.15) is 5.82 Å². The zero-order valence-electron chi connectivity index (χ0n) is 12.3. The van der Waals surface area contributed by atoms with E-state index in [-0.39, 0.29) is 18.2 Å². The maximum atomic E-state index is 12.9. The number of unbranched alkanes of at least 4 members (excludes halogenated alkanes) is 1. The van der Waals surface area contributed by atoms with Crippen molar-refractivity contribution >= 4 is 0 Å². The molecule has 0 unspecified atom stereocenters. The Morgan fingerprint density at radius 1 is 1.19 bits per heavy atom. The van der Waals surface area contributed by atoms with Crippen molar-refractivity contribution in [3.8, 4) is 0 Å². The third kappa shape index (κ3) is 6.91. The van der Waals surface area contributed by atoms with Crippen molar-refractivity contribution in [2.24, 2.45) is 0 Å². The van der Waals surface area contributed by atoms with Crippen molar-refractivity contribution in [2.45, 2.75) is 45.5 Å². The summed E-state index contributed by atoms with van der Waals surface area (Å²) in [6.45, 7) is 5.21. The highest BCUT2D eigenvalue weighted by atomic mass is 19.4. The highest BCUT2D eigenvalue weighted by Crippen LogP contribution is 2.32. The van der Waals surface area contributed by atoms with Gasteiger partial charge in [0.15, 0.2) is 0 Å². The molecule has 120 valence electrons. The molecule has 1 rings (SSSR count). The summed E-state index contributed by atoms with van der Waals surface area (Å²) < 4.78 is 56.6. The van der Waals surface area contributed by atoms with E-state index in [0.717, 1.165) is 18.9 Å². The van der Waals surface area contributed by atoms with Crippen LogP contribution >= 0.6 is 0 Å². The number of hydrogen-bond donors (Lipinski definition) is 1. The van der Waals surface area contributed by atoms with E-state index in [2.05, 4.69) is 5.32 Å². The topological polar surface area (TPSA) is 21.3 Å². The monoisotopic (exact) mass is 307 g/mol. The average Bonchev–Trinajstić information content (AvgIpc) is 2.37. The first kappa shape index (κ1) is 17.9. The van der Waals surface area contributed by atoms with Crippen LogP contribution in [0.25, 0.3) is 0 Å². The highest BCUT2D eigenvalue weighted by Gasteiger charge is 2.33. The lowest BCUT2D eigenvalue weighted by Crippen LogP contribution is -2.19. The fourth-order valence-electron chi connectivity index (χ4n) is 1.86. The summed E-state index contributed by atoms with van der Waals surface area (Å²) in [6.07, 6.45) is -2.69. The Balaban J connectivity index is 2.39. The van der Waals surface area contributed by atoms with Crippen molar-refractivity contribution in [3.63, 3.8) is 0 Å². The Morgan fingerprint density at radius 2 is 1.90 bits per heavy atom. The van der Waals surface area contributed by atoms with E-state index in [9.17, 15) is 17.6 Å². The largest absolute Gasteiger partial charge is 0.416 e. The third-order valence-electron chi connectivity index (χ3n) is 2.89. The van der Waals surface area contributed by atoms with Gasteiger partial charge in [-0.15, -0.1) is 0 Å². The first-order valence-corrected chi connectivity index (χ1v) is 6.98. The molecule has 21 heavy (non-hydrogen) atoms. The molecule has 0 saturated heterocycles. The summed E-state index contributed by atoms with van der Waals surface area (Å²) in [5, 5.41) is 2.94. The number of benzene rings is 1. The second kappa shape index (κ2) is 8.34. The van der Waals surface area contributed by atoms with Gasteiger partial charge in [0.05, 0.1) is 11.7 Å². The first-order valence-electron chi connectivity index (χ1n) is 6.98. The van der Waals surface area contributed by atoms with Crippen LogP contribution in [0, 0.1) is 5.82 Å². The minimum absolute atomic E-state index is 0.0577. The van der Waals surface area contributed by atoms with E-state index in [1.165, 1.54) is 6.07 Å². The lowest BCUT2D eigenvalue weighted by Gasteiger charge is -2.13. The fourth-order valence-corrected chi connectivity index (χ4v) is 1.86. The molecule has 0 atom stereocenters. The highest BCUT2D eigenvalue weighted by molar-refractivity contribution is 5.30. The van der Waals surface area contributed by atoms with Gasteiger partial charge in [-0.05, 0) is 50.9 Å². The Bertz CT molecular complexity index is 432. The summed E-state index contributed by atoms with van der Waals surface area (Å²) in [5.74, 6) is -0.878. The van der Waals surface area contributed by atoms with Gasteiger partial charge in [-0.2, -0.15) is 13.2 Å². The van der Waals surface area contributed by atoms with Gasteiger partial charge in [-0.25, -0.2) is 4.39 Å². The third-order valence-corrected chi connectivity index (χ3v) is 2.89. The number of rotatable bonds is 8. The molecule has 0 aliphatic rings.